The monoisotopic (exact) mass is 1070 g/mol. The second-order valence-corrected chi connectivity index (χ2v) is 17.6. The molecule has 5 aromatic carbocycles. The summed E-state index contributed by atoms with van der Waals surface area (Å²) < 4.78 is 11.8. The number of barbiturate groups is 1. The van der Waals surface area contributed by atoms with Gasteiger partial charge in [0.25, 0.3) is 23.6 Å². The van der Waals surface area contributed by atoms with Crippen molar-refractivity contribution in [3.8, 4) is 17.6 Å². The average Bonchev–Trinajstić information content (AvgIpc) is 4.25. The van der Waals surface area contributed by atoms with Gasteiger partial charge in [-0.2, -0.15) is 5.26 Å². The van der Waals surface area contributed by atoms with Gasteiger partial charge in [0.1, 0.15) is 59.2 Å². The van der Waals surface area contributed by atoms with Gasteiger partial charge in [-0.05, 0) is 108 Å². The highest BCUT2D eigenvalue weighted by Gasteiger charge is 2.36. The van der Waals surface area contributed by atoms with Crippen molar-refractivity contribution in [3.05, 3.63) is 166 Å². The van der Waals surface area contributed by atoms with Crippen LogP contribution in [0.25, 0.3) is 11.1 Å². The SMILES string of the molecule is CC(O)=C(N=Nc1ccccc1OCCOc1ccccc1N=NC(C(=O)Nc1ccc2c(c1)CC(=O)N2)=C(C)O)C(=O)Nc1ccc2c(c1)CC(=O)N2.CCC(=O)/C(C#N)=C1/CC(=C2C(=O)NC(=O)NC2=O)c2ccccc21. The summed E-state index contributed by atoms with van der Waals surface area (Å²) in [6.07, 6.45) is 0.670. The molecule has 1 aliphatic carbocycles. The molecule has 0 unspecified atom stereocenters. The standard InChI is InChI=1S/C38H34N8O8.C18H13N3O4/c1-21(47)35(37(51)39-25-11-13-27-23(17-25)19-33(49)41-27)45-43-29-7-3-5-9-31(29)53-15-16-54-32-10-6-4-8-30(32)44-46-36(22(2)48)38(52)40-26-12-14-28-24(18-26)20-34(50)42-28;1-2-14(22)13(8-19)11-7-12(10-6-4-3-5-9(10)11)15-16(23)20-18(25)21-17(15)24/h3-14,17-18,47-48H,15-16,19-20H2,1-2H3,(H,39,51)(H,40,52)(H,41,49)(H,42,50);3-6H,2,7H2,1H3,(H2,20,21,23,24,25)/b;13-11-. The molecule has 3 heterocycles. The van der Waals surface area contributed by atoms with Crippen molar-refractivity contribution in [3.63, 3.8) is 0 Å². The third kappa shape index (κ3) is 12.8. The number of carbonyl (C=O) groups excluding carboxylic acids is 8. The summed E-state index contributed by atoms with van der Waals surface area (Å²) in [4.78, 5) is 97.0. The lowest BCUT2D eigenvalue weighted by atomic mass is 9.98. The normalized spacial score (nSPS) is 15.4. The van der Waals surface area contributed by atoms with E-state index in [0.29, 0.717) is 56.5 Å². The third-order valence-electron chi connectivity index (χ3n) is 12.1. The lowest BCUT2D eigenvalue weighted by Gasteiger charge is -2.16. The number of aliphatic hydroxyl groups excluding tert-OH is 2. The van der Waals surface area contributed by atoms with Crippen molar-refractivity contribution < 1.29 is 58.0 Å². The summed E-state index contributed by atoms with van der Waals surface area (Å²) in [5, 5.41) is 61.0. The van der Waals surface area contributed by atoms with Crippen LogP contribution in [-0.2, 0) is 46.4 Å². The molecule has 0 spiro atoms. The smallest absolute Gasteiger partial charge is 0.328 e. The lowest BCUT2D eigenvalue weighted by Crippen LogP contribution is -2.51. The minimum absolute atomic E-state index is 0.0262. The largest absolute Gasteiger partial charge is 0.510 e. The number of imide groups is 2. The van der Waals surface area contributed by atoms with Crippen LogP contribution in [0.3, 0.4) is 0 Å². The highest BCUT2D eigenvalue weighted by molar-refractivity contribution is 6.33. The van der Waals surface area contributed by atoms with E-state index in [4.69, 9.17) is 9.47 Å². The minimum atomic E-state index is -0.875. The molecule has 1 saturated heterocycles. The van der Waals surface area contributed by atoms with Crippen LogP contribution in [0.1, 0.15) is 55.9 Å². The summed E-state index contributed by atoms with van der Waals surface area (Å²) in [5.41, 5.74) is 5.57. The Balaban J connectivity index is 0.000000273. The number of anilines is 4. The van der Waals surface area contributed by atoms with Crippen LogP contribution in [0.2, 0.25) is 0 Å². The Hall–Kier alpha value is -10.9. The van der Waals surface area contributed by atoms with E-state index in [1.165, 1.54) is 13.8 Å². The number of azo groups is 2. The number of urea groups is 1. The zero-order valence-corrected chi connectivity index (χ0v) is 42.3. The number of allylic oxidation sites excluding steroid dienone is 5. The van der Waals surface area contributed by atoms with E-state index in [0.717, 1.165) is 11.1 Å². The van der Waals surface area contributed by atoms with Crippen molar-refractivity contribution in [2.45, 2.75) is 46.5 Å². The molecule has 9 rings (SSSR count). The molecule has 3 aliphatic heterocycles. The van der Waals surface area contributed by atoms with Crippen LogP contribution >= 0.6 is 0 Å². The Kier molecular flexibility index (Phi) is 16.7. The zero-order chi connectivity index (χ0) is 56.3. The Morgan fingerprint density at radius 3 is 1.53 bits per heavy atom. The average molecular weight is 1070 g/mol. The van der Waals surface area contributed by atoms with E-state index in [9.17, 15) is 53.8 Å². The maximum absolute atomic E-state index is 13.0. The molecular weight excluding hydrogens is 1020 g/mol. The number of benzene rings is 5. The number of nitrogens with zero attached hydrogens (tertiary/aromatic N) is 5. The number of rotatable bonds is 15. The molecule has 0 saturated carbocycles. The molecule has 79 heavy (non-hydrogen) atoms. The topological polar surface area (TPSA) is 341 Å². The molecule has 0 aromatic heterocycles. The fourth-order valence-corrected chi connectivity index (χ4v) is 8.43. The molecule has 0 bridgehead atoms. The summed E-state index contributed by atoms with van der Waals surface area (Å²) in [7, 11) is 0. The lowest BCUT2D eigenvalue weighted by molar-refractivity contribution is -0.124. The number of aliphatic hydroxyl groups is 2. The van der Waals surface area contributed by atoms with Crippen LogP contribution < -0.4 is 41.4 Å². The first-order chi connectivity index (χ1) is 38.0. The Morgan fingerprint density at radius 2 is 1.08 bits per heavy atom. The number of carbonyl (C=O) groups is 8. The van der Waals surface area contributed by atoms with Crippen molar-refractivity contribution >= 4 is 92.5 Å². The highest BCUT2D eigenvalue weighted by atomic mass is 16.5. The van der Waals surface area contributed by atoms with E-state index < -0.39 is 29.7 Å². The van der Waals surface area contributed by atoms with Gasteiger partial charge in [0.05, 0.1) is 18.4 Å². The van der Waals surface area contributed by atoms with Crippen molar-refractivity contribution in [1.82, 2.24) is 10.6 Å². The number of para-hydroxylation sites is 2. The molecule has 23 heteroatoms. The van der Waals surface area contributed by atoms with Crippen molar-refractivity contribution in [1.29, 1.82) is 5.26 Å². The van der Waals surface area contributed by atoms with Gasteiger partial charge in [0.2, 0.25) is 11.8 Å². The van der Waals surface area contributed by atoms with Crippen LogP contribution in [0.4, 0.5) is 38.9 Å². The number of Topliss-reactive ketones (excluding diaryl/α,β-unsaturated/α-hetero) is 1. The first-order valence-electron chi connectivity index (χ1n) is 24.2. The number of ether oxygens (including phenoxy) is 2. The maximum Gasteiger partial charge on any atom is 0.328 e. The van der Waals surface area contributed by atoms with E-state index in [2.05, 4.69) is 41.7 Å². The van der Waals surface area contributed by atoms with E-state index in [-0.39, 0.29) is 102 Å². The molecule has 8 N–H and O–H groups in total. The minimum Gasteiger partial charge on any atom is -0.510 e. The van der Waals surface area contributed by atoms with Gasteiger partial charge in [-0.3, -0.25) is 44.2 Å². The van der Waals surface area contributed by atoms with Gasteiger partial charge in [-0.15, -0.1) is 20.5 Å². The van der Waals surface area contributed by atoms with E-state index in [1.54, 1.807) is 116 Å². The third-order valence-corrected chi connectivity index (χ3v) is 12.1. The van der Waals surface area contributed by atoms with Crippen LogP contribution in [0.15, 0.2) is 164 Å². The number of fused-ring (bicyclic) bond motifs is 3. The summed E-state index contributed by atoms with van der Waals surface area (Å²) in [6.45, 7) is 4.40. The Labute approximate surface area is 449 Å². The summed E-state index contributed by atoms with van der Waals surface area (Å²) in [5.74, 6) is -3.62. The fraction of sp³-hybridized carbons (Fsp3) is 0.161. The molecule has 0 atom stereocenters. The molecule has 8 amide bonds. The molecule has 1 fully saturated rings. The molecule has 0 radical (unpaired) electrons. The van der Waals surface area contributed by atoms with Crippen LogP contribution in [-0.4, -0.2) is 70.7 Å². The maximum atomic E-state index is 13.0. The molecule has 398 valence electrons. The molecule has 4 aliphatic rings. The Bertz CT molecular complexity index is 3470. The fourth-order valence-electron chi connectivity index (χ4n) is 8.43. The van der Waals surface area contributed by atoms with Crippen molar-refractivity contribution in [2.75, 3.05) is 34.5 Å². The molecular formula is C56H47N11O12. The quantitative estimate of drug-likeness (QED) is 0.0122. The molecule has 5 aromatic rings. The van der Waals surface area contributed by atoms with Gasteiger partial charge in [0.15, 0.2) is 17.2 Å². The van der Waals surface area contributed by atoms with Gasteiger partial charge in [0, 0.05) is 35.6 Å². The van der Waals surface area contributed by atoms with Gasteiger partial charge in [-0.25, -0.2) is 4.79 Å². The summed E-state index contributed by atoms with van der Waals surface area (Å²) in [6, 6.07) is 31.4. The number of nitrogens with one attached hydrogen (secondary N) is 6. The first-order valence-corrected chi connectivity index (χ1v) is 24.2. The van der Waals surface area contributed by atoms with Crippen LogP contribution in [0, 0.1) is 11.3 Å². The predicted octanol–water partition coefficient (Wildman–Crippen LogP) is 8.62. The Morgan fingerprint density at radius 1 is 0.620 bits per heavy atom. The number of hydrogen-bond donors (Lipinski definition) is 8. The van der Waals surface area contributed by atoms with E-state index in [1.807, 2.05) is 16.7 Å². The zero-order valence-electron chi connectivity index (χ0n) is 42.3. The van der Waals surface area contributed by atoms with Crippen LogP contribution in [0.5, 0.6) is 11.5 Å². The van der Waals surface area contributed by atoms with Gasteiger partial charge in [-0.1, -0.05) is 55.5 Å². The summed E-state index contributed by atoms with van der Waals surface area (Å²) >= 11 is 0. The predicted molar refractivity (Wildman–Crippen MR) is 286 cm³/mol. The number of hydrogen-bond acceptors (Lipinski definition) is 17. The highest BCUT2D eigenvalue weighted by Crippen LogP contribution is 2.44. The number of ketones is 1. The number of amides is 8. The van der Waals surface area contributed by atoms with Crippen molar-refractivity contribution in [2.24, 2.45) is 20.5 Å². The number of nitriles is 1. The second-order valence-electron chi connectivity index (χ2n) is 17.6. The first kappa shape index (κ1) is 54.4. The molecule has 23 nitrogen and oxygen atoms in total. The van der Waals surface area contributed by atoms with E-state index >= 15 is 0 Å². The second kappa shape index (κ2) is 24.2. The van der Waals surface area contributed by atoms with Gasteiger partial charge >= 0.3 is 6.03 Å². The van der Waals surface area contributed by atoms with Gasteiger partial charge < -0.3 is 41.0 Å².